The van der Waals surface area contributed by atoms with E-state index in [4.69, 9.17) is 0 Å². The molecule has 1 aromatic carbocycles. The highest BCUT2D eigenvalue weighted by Gasteiger charge is 2.41. The van der Waals surface area contributed by atoms with Crippen LogP contribution in [0.1, 0.15) is 37.3 Å². The van der Waals surface area contributed by atoms with E-state index >= 15 is 0 Å². The standard InChI is InChI=1S/C18H26N2O2/c1-14-5-3-4-6-17(14)18(22)9-12-20(13-18)16-7-10-19(11-8-16)15(2)21/h3-6,16,22H,7-13H2,1-2H3. The first-order chi connectivity index (χ1) is 10.5. The van der Waals surface area contributed by atoms with Crippen LogP contribution in [-0.4, -0.2) is 53.0 Å². The highest BCUT2D eigenvalue weighted by molar-refractivity contribution is 5.73. The molecule has 4 heteroatoms. The molecule has 1 N–H and O–H groups in total. The summed E-state index contributed by atoms with van der Waals surface area (Å²) in [6.07, 6.45) is 2.83. The molecule has 4 nitrogen and oxygen atoms in total. The third-order valence-electron chi connectivity index (χ3n) is 5.35. The fraction of sp³-hybridized carbons (Fsp3) is 0.611. The Bertz CT molecular complexity index is 552. The Morgan fingerprint density at radius 2 is 1.91 bits per heavy atom. The zero-order valence-electron chi connectivity index (χ0n) is 13.6. The van der Waals surface area contributed by atoms with Crippen LogP contribution in [0.3, 0.4) is 0 Å². The van der Waals surface area contributed by atoms with Crippen molar-refractivity contribution in [3.8, 4) is 0 Å². The minimum atomic E-state index is -0.719. The van der Waals surface area contributed by atoms with Gasteiger partial charge in [-0.1, -0.05) is 24.3 Å². The largest absolute Gasteiger partial charge is 0.384 e. The van der Waals surface area contributed by atoms with E-state index < -0.39 is 5.60 Å². The number of carbonyl (C=O) groups excluding carboxylic acids is 1. The van der Waals surface area contributed by atoms with Gasteiger partial charge in [-0.25, -0.2) is 0 Å². The van der Waals surface area contributed by atoms with Gasteiger partial charge in [-0.2, -0.15) is 0 Å². The molecule has 1 amide bonds. The second kappa shape index (κ2) is 6.01. The molecule has 0 aliphatic carbocycles. The molecule has 22 heavy (non-hydrogen) atoms. The number of rotatable bonds is 2. The van der Waals surface area contributed by atoms with Gasteiger partial charge in [0.25, 0.3) is 0 Å². The Morgan fingerprint density at radius 3 is 2.55 bits per heavy atom. The first-order valence-electron chi connectivity index (χ1n) is 8.28. The Hall–Kier alpha value is -1.39. The summed E-state index contributed by atoms with van der Waals surface area (Å²) in [4.78, 5) is 15.8. The van der Waals surface area contributed by atoms with Crippen LogP contribution in [-0.2, 0) is 10.4 Å². The number of hydrogen-bond donors (Lipinski definition) is 1. The number of nitrogens with zero attached hydrogens (tertiary/aromatic N) is 2. The normalized spacial score (nSPS) is 27.3. The number of hydrogen-bond acceptors (Lipinski definition) is 3. The molecule has 2 saturated heterocycles. The Kier molecular flexibility index (Phi) is 4.24. The zero-order chi connectivity index (χ0) is 15.7. The molecule has 2 aliphatic rings. The van der Waals surface area contributed by atoms with E-state index in [-0.39, 0.29) is 5.91 Å². The number of benzene rings is 1. The third-order valence-corrected chi connectivity index (χ3v) is 5.35. The van der Waals surface area contributed by atoms with Gasteiger partial charge >= 0.3 is 0 Å². The summed E-state index contributed by atoms with van der Waals surface area (Å²) >= 11 is 0. The molecule has 1 aromatic rings. The van der Waals surface area contributed by atoms with Crippen LogP contribution in [0.2, 0.25) is 0 Å². The van der Waals surface area contributed by atoms with Crippen molar-refractivity contribution >= 4 is 5.91 Å². The summed E-state index contributed by atoms with van der Waals surface area (Å²) in [6, 6.07) is 8.65. The number of amides is 1. The summed E-state index contributed by atoms with van der Waals surface area (Å²) in [5, 5.41) is 11.1. The molecule has 2 aliphatic heterocycles. The topological polar surface area (TPSA) is 43.8 Å². The Balaban J connectivity index is 1.66. The predicted molar refractivity (Wildman–Crippen MR) is 86.5 cm³/mol. The van der Waals surface area contributed by atoms with E-state index in [0.29, 0.717) is 12.6 Å². The van der Waals surface area contributed by atoms with E-state index in [1.807, 2.05) is 17.0 Å². The number of aliphatic hydroxyl groups is 1. The van der Waals surface area contributed by atoms with Crippen LogP contribution >= 0.6 is 0 Å². The molecule has 2 heterocycles. The van der Waals surface area contributed by atoms with E-state index in [9.17, 15) is 9.90 Å². The van der Waals surface area contributed by atoms with Crippen molar-refractivity contribution in [1.82, 2.24) is 9.80 Å². The van der Waals surface area contributed by atoms with Gasteiger partial charge in [-0.3, -0.25) is 9.69 Å². The van der Waals surface area contributed by atoms with E-state index in [1.54, 1.807) is 6.92 Å². The molecule has 0 radical (unpaired) electrons. The molecule has 3 rings (SSSR count). The van der Waals surface area contributed by atoms with Crippen LogP contribution < -0.4 is 0 Å². The molecule has 0 bridgehead atoms. The zero-order valence-corrected chi connectivity index (χ0v) is 13.6. The minimum Gasteiger partial charge on any atom is -0.384 e. The Labute approximate surface area is 132 Å². The number of aryl methyl sites for hydroxylation is 1. The number of carbonyl (C=O) groups is 1. The quantitative estimate of drug-likeness (QED) is 0.907. The van der Waals surface area contributed by atoms with Crippen molar-refractivity contribution < 1.29 is 9.90 Å². The Morgan fingerprint density at radius 1 is 1.23 bits per heavy atom. The van der Waals surface area contributed by atoms with Crippen molar-refractivity contribution in [3.05, 3.63) is 35.4 Å². The number of piperidine rings is 1. The molecule has 0 aromatic heterocycles. The first kappa shape index (κ1) is 15.5. The molecular weight excluding hydrogens is 276 g/mol. The second-order valence-corrected chi connectivity index (χ2v) is 6.80. The SMILES string of the molecule is CC(=O)N1CCC(N2CCC(O)(c3ccccc3C)C2)CC1. The van der Waals surface area contributed by atoms with Crippen molar-refractivity contribution in [2.24, 2.45) is 0 Å². The van der Waals surface area contributed by atoms with Gasteiger partial charge in [0.1, 0.15) is 5.60 Å². The van der Waals surface area contributed by atoms with Crippen LogP contribution in [0.4, 0.5) is 0 Å². The second-order valence-electron chi connectivity index (χ2n) is 6.80. The van der Waals surface area contributed by atoms with Crippen molar-refractivity contribution in [1.29, 1.82) is 0 Å². The van der Waals surface area contributed by atoms with Crippen LogP contribution in [0.25, 0.3) is 0 Å². The fourth-order valence-electron chi connectivity index (χ4n) is 4.00. The van der Waals surface area contributed by atoms with Gasteiger partial charge in [-0.05, 0) is 37.3 Å². The van der Waals surface area contributed by atoms with Gasteiger partial charge in [-0.15, -0.1) is 0 Å². The van der Waals surface area contributed by atoms with E-state index in [0.717, 1.165) is 44.5 Å². The van der Waals surface area contributed by atoms with Crippen LogP contribution in [0, 0.1) is 6.92 Å². The summed E-state index contributed by atoms with van der Waals surface area (Å²) in [6.45, 7) is 7.06. The fourth-order valence-corrected chi connectivity index (χ4v) is 4.00. The number of likely N-dealkylation sites (tertiary alicyclic amines) is 2. The maximum Gasteiger partial charge on any atom is 0.219 e. The number of β-amino-alcohol motifs (C(OH)–C–C–N with tert-alkyl or cyclic N) is 1. The lowest BCUT2D eigenvalue weighted by Gasteiger charge is -2.37. The van der Waals surface area contributed by atoms with Gasteiger partial charge in [0, 0.05) is 39.1 Å². The average Bonchev–Trinajstić information content (AvgIpc) is 2.91. The van der Waals surface area contributed by atoms with Crippen molar-refractivity contribution in [2.45, 2.75) is 44.8 Å². The molecule has 0 spiro atoms. The maximum atomic E-state index is 11.4. The van der Waals surface area contributed by atoms with Crippen molar-refractivity contribution in [2.75, 3.05) is 26.2 Å². The van der Waals surface area contributed by atoms with Gasteiger partial charge < -0.3 is 10.0 Å². The lowest BCUT2D eigenvalue weighted by Crippen LogP contribution is -2.46. The first-order valence-corrected chi connectivity index (χ1v) is 8.28. The van der Waals surface area contributed by atoms with Gasteiger partial charge in [0.05, 0.1) is 0 Å². The van der Waals surface area contributed by atoms with Crippen molar-refractivity contribution in [3.63, 3.8) is 0 Å². The van der Waals surface area contributed by atoms with E-state index in [1.165, 1.54) is 5.56 Å². The average molecular weight is 302 g/mol. The summed E-state index contributed by atoms with van der Waals surface area (Å²) in [5.74, 6) is 0.177. The van der Waals surface area contributed by atoms with Crippen LogP contribution in [0.15, 0.2) is 24.3 Å². The summed E-state index contributed by atoms with van der Waals surface area (Å²) in [7, 11) is 0. The summed E-state index contributed by atoms with van der Waals surface area (Å²) in [5.41, 5.74) is 1.51. The summed E-state index contributed by atoms with van der Waals surface area (Å²) < 4.78 is 0. The van der Waals surface area contributed by atoms with Crippen LogP contribution in [0.5, 0.6) is 0 Å². The third kappa shape index (κ3) is 2.90. The predicted octanol–water partition coefficient (Wildman–Crippen LogP) is 1.90. The highest BCUT2D eigenvalue weighted by Crippen LogP contribution is 2.36. The maximum absolute atomic E-state index is 11.4. The lowest BCUT2D eigenvalue weighted by molar-refractivity contribution is -0.130. The minimum absolute atomic E-state index is 0.177. The lowest BCUT2D eigenvalue weighted by atomic mass is 9.89. The molecule has 120 valence electrons. The van der Waals surface area contributed by atoms with E-state index in [2.05, 4.69) is 24.0 Å². The van der Waals surface area contributed by atoms with Gasteiger partial charge in [0.15, 0.2) is 0 Å². The smallest absolute Gasteiger partial charge is 0.219 e. The highest BCUT2D eigenvalue weighted by atomic mass is 16.3. The molecule has 0 saturated carbocycles. The molecule has 1 unspecified atom stereocenters. The van der Waals surface area contributed by atoms with Gasteiger partial charge in [0.2, 0.25) is 5.91 Å². The molecule has 1 atom stereocenters. The monoisotopic (exact) mass is 302 g/mol. The molecular formula is C18H26N2O2. The molecule has 2 fully saturated rings.